The van der Waals surface area contributed by atoms with Gasteiger partial charge in [-0.1, -0.05) is 48.5 Å². The monoisotopic (exact) mass is 295 g/mol. The maximum absolute atomic E-state index is 6.31. The van der Waals surface area contributed by atoms with Crippen molar-refractivity contribution in [2.45, 2.75) is 32.0 Å². The molecule has 1 saturated heterocycles. The zero-order chi connectivity index (χ0) is 15.2. The third-order valence-corrected chi connectivity index (χ3v) is 4.77. The Kier molecular flexibility index (Phi) is 3.21. The van der Waals surface area contributed by atoms with Gasteiger partial charge in [-0.2, -0.15) is 5.06 Å². The Morgan fingerprint density at radius 3 is 2.59 bits per heavy atom. The summed E-state index contributed by atoms with van der Waals surface area (Å²) in [7, 11) is 0. The third-order valence-electron chi connectivity index (χ3n) is 4.77. The molecule has 4 rings (SSSR count). The molecule has 0 aliphatic carbocycles. The van der Waals surface area contributed by atoms with E-state index in [1.54, 1.807) is 0 Å². The second-order valence-corrected chi connectivity index (χ2v) is 6.66. The van der Waals surface area contributed by atoms with Crippen molar-refractivity contribution in [1.29, 1.82) is 0 Å². The Balaban J connectivity index is 1.71. The fourth-order valence-corrected chi connectivity index (χ4v) is 3.60. The van der Waals surface area contributed by atoms with Gasteiger partial charge in [-0.25, -0.2) is 0 Å². The van der Waals surface area contributed by atoms with Crippen LogP contribution in [0.1, 0.15) is 31.0 Å². The highest BCUT2D eigenvalue weighted by atomic mass is 16.7. The number of para-hydroxylation sites is 1. The predicted molar refractivity (Wildman–Crippen MR) is 85.3 cm³/mol. The quantitative estimate of drug-likeness (QED) is 0.837. The average molecular weight is 295 g/mol. The topological polar surface area (TPSA) is 21.7 Å². The van der Waals surface area contributed by atoms with Gasteiger partial charge in [0.1, 0.15) is 5.75 Å². The molecule has 2 heterocycles. The molecule has 2 aromatic rings. The number of rotatable bonds is 2. The molecule has 22 heavy (non-hydrogen) atoms. The molecule has 0 radical (unpaired) electrons. The first kappa shape index (κ1) is 13.8. The molecule has 1 fully saturated rings. The standard InChI is InChI=1S/C19H21NO2/c1-19(2)16-13-21-17-11-7-6-10-15(17)18(16)20(22-19)12-14-8-4-3-5-9-14/h3-11,16,18H,12-13H2,1-2H3/t16-,18+/m1/s1. The van der Waals surface area contributed by atoms with Crippen LogP contribution in [0.3, 0.4) is 0 Å². The fraction of sp³-hybridized carbons (Fsp3) is 0.368. The van der Waals surface area contributed by atoms with E-state index in [1.165, 1.54) is 11.1 Å². The number of hydrogen-bond donors (Lipinski definition) is 0. The fourth-order valence-electron chi connectivity index (χ4n) is 3.60. The summed E-state index contributed by atoms with van der Waals surface area (Å²) in [6.45, 7) is 5.82. The molecule has 2 aliphatic rings. The maximum atomic E-state index is 6.31. The Labute approximate surface area is 131 Å². The zero-order valence-corrected chi connectivity index (χ0v) is 13.0. The van der Waals surface area contributed by atoms with E-state index in [1.807, 2.05) is 12.1 Å². The molecule has 0 unspecified atom stereocenters. The van der Waals surface area contributed by atoms with Crippen LogP contribution in [-0.4, -0.2) is 17.3 Å². The van der Waals surface area contributed by atoms with E-state index in [4.69, 9.17) is 9.57 Å². The van der Waals surface area contributed by atoms with Gasteiger partial charge in [0.2, 0.25) is 0 Å². The Bertz CT molecular complexity index is 668. The molecule has 0 amide bonds. The lowest BCUT2D eigenvalue weighted by molar-refractivity contribution is -0.201. The van der Waals surface area contributed by atoms with Gasteiger partial charge in [0.25, 0.3) is 0 Å². The highest BCUT2D eigenvalue weighted by molar-refractivity contribution is 5.39. The minimum atomic E-state index is -0.215. The van der Waals surface area contributed by atoms with Crippen molar-refractivity contribution in [2.24, 2.45) is 5.92 Å². The van der Waals surface area contributed by atoms with Gasteiger partial charge in [0.15, 0.2) is 0 Å². The molecule has 2 aliphatic heterocycles. The Morgan fingerprint density at radius 2 is 1.77 bits per heavy atom. The van der Waals surface area contributed by atoms with Gasteiger partial charge in [-0.05, 0) is 25.5 Å². The van der Waals surface area contributed by atoms with Gasteiger partial charge >= 0.3 is 0 Å². The van der Waals surface area contributed by atoms with Crippen molar-refractivity contribution in [3.05, 3.63) is 65.7 Å². The highest BCUT2D eigenvalue weighted by Gasteiger charge is 2.52. The Hall–Kier alpha value is -1.84. The first-order chi connectivity index (χ1) is 10.6. The van der Waals surface area contributed by atoms with E-state index in [-0.39, 0.29) is 11.6 Å². The summed E-state index contributed by atoms with van der Waals surface area (Å²) in [6.07, 6.45) is 0. The van der Waals surface area contributed by atoms with E-state index in [9.17, 15) is 0 Å². The van der Waals surface area contributed by atoms with Crippen LogP contribution in [0.15, 0.2) is 54.6 Å². The number of nitrogens with zero attached hydrogens (tertiary/aromatic N) is 1. The van der Waals surface area contributed by atoms with E-state index in [0.717, 1.165) is 12.3 Å². The summed E-state index contributed by atoms with van der Waals surface area (Å²) in [6, 6.07) is 19.1. The van der Waals surface area contributed by atoms with Crippen LogP contribution < -0.4 is 4.74 Å². The van der Waals surface area contributed by atoms with Crippen LogP contribution in [0.4, 0.5) is 0 Å². The number of hydroxylamine groups is 2. The normalized spacial score (nSPS) is 26.1. The molecule has 0 saturated carbocycles. The van der Waals surface area contributed by atoms with E-state index in [2.05, 4.69) is 61.4 Å². The van der Waals surface area contributed by atoms with Crippen molar-refractivity contribution < 1.29 is 9.57 Å². The third kappa shape index (κ3) is 2.21. The summed E-state index contributed by atoms with van der Waals surface area (Å²) in [5, 5.41) is 2.14. The lowest BCUT2D eigenvalue weighted by Crippen LogP contribution is -2.36. The molecule has 2 aromatic carbocycles. The van der Waals surface area contributed by atoms with Gasteiger partial charge < -0.3 is 4.74 Å². The van der Waals surface area contributed by atoms with Crippen LogP contribution in [0, 0.1) is 5.92 Å². The second-order valence-electron chi connectivity index (χ2n) is 6.66. The van der Waals surface area contributed by atoms with Gasteiger partial charge in [0, 0.05) is 18.0 Å². The van der Waals surface area contributed by atoms with Crippen LogP contribution in [-0.2, 0) is 11.4 Å². The molecule has 3 heteroatoms. The van der Waals surface area contributed by atoms with Crippen molar-refractivity contribution in [3.8, 4) is 5.75 Å². The summed E-state index contributed by atoms with van der Waals surface area (Å²) in [5.41, 5.74) is 2.29. The lowest BCUT2D eigenvalue weighted by atomic mass is 9.81. The molecule has 0 N–H and O–H groups in total. The average Bonchev–Trinajstić information content (AvgIpc) is 2.79. The largest absolute Gasteiger partial charge is 0.493 e. The summed E-state index contributed by atoms with van der Waals surface area (Å²) in [5.74, 6) is 1.33. The van der Waals surface area contributed by atoms with E-state index in [0.29, 0.717) is 12.5 Å². The smallest absolute Gasteiger partial charge is 0.124 e. The first-order valence-electron chi connectivity index (χ1n) is 7.86. The summed E-state index contributed by atoms with van der Waals surface area (Å²) < 4.78 is 5.96. The molecule has 0 bridgehead atoms. The van der Waals surface area contributed by atoms with Gasteiger partial charge in [-0.3, -0.25) is 4.84 Å². The SMILES string of the molecule is CC1(C)ON(Cc2ccccc2)[C@H]2c3ccccc3OC[C@H]21. The van der Waals surface area contributed by atoms with Crippen molar-refractivity contribution in [2.75, 3.05) is 6.61 Å². The molecular weight excluding hydrogens is 274 g/mol. The number of hydrogen-bond acceptors (Lipinski definition) is 3. The molecule has 3 nitrogen and oxygen atoms in total. The van der Waals surface area contributed by atoms with Gasteiger partial charge in [0.05, 0.1) is 18.2 Å². The second kappa shape index (κ2) is 5.11. The Morgan fingerprint density at radius 1 is 1.05 bits per heavy atom. The van der Waals surface area contributed by atoms with Gasteiger partial charge in [-0.15, -0.1) is 0 Å². The van der Waals surface area contributed by atoms with Crippen LogP contribution in [0.5, 0.6) is 5.75 Å². The molecule has 0 spiro atoms. The van der Waals surface area contributed by atoms with Crippen molar-refractivity contribution >= 4 is 0 Å². The first-order valence-corrected chi connectivity index (χ1v) is 7.86. The predicted octanol–water partition coefficient (Wildman–Crippen LogP) is 3.96. The summed E-state index contributed by atoms with van der Waals surface area (Å²) >= 11 is 0. The van der Waals surface area contributed by atoms with Crippen LogP contribution >= 0.6 is 0 Å². The number of fused-ring (bicyclic) bond motifs is 3. The van der Waals surface area contributed by atoms with Crippen LogP contribution in [0.25, 0.3) is 0 Å². The highest BCUT2D eigenvalue weighted by Crippen LogP contribution is 2.50. The molecule has 114 valence electrons. The van der Waals surface area contributed by atoms with Crippen LogP contribution in [0.2, 0.25) is 0 Å². The zero-order valence-electron chi connectivity index (χ0n) is 13.0. The molecular formula is C19H21NO2. The number of benzene rings is 2. The maximum Gasteiger partial charge on any atom is 0.124 e. The number of ether oxygens (including phenoxy) is 1. The van der Waals surface area contributed by atoms with E-state index >= 15 is 0 Å². The van der Waals surface area contributed by atoms with E-state index < -0.39 is 0 Å². The summed E-state index contributed by atoms with van der Waals surface area (Å²) in [4.78, 5) is 6.31. The van der Waals surface area contributed by atoms with Crippen molar-refractivity contribution in [3.63, 3.8) is 0 Å². The minimum Gasteiger partial charge on any atom is -0.493 e. The minimum absolute atomic E-state index is 0.215. The molecule has 2 atom stereocenters. The van der Waals surface area contributed by atoms with Crippen molar-refractivity contribution in [1.82, 2.24) is 5.06 Å². The lowest BCUT2D eigenvalue weighted by Gasteiger charge is -2.33. The molecule has 0 aromatic heterocycles.